The average Bonchev–Trinajstić information content (AvgIpc) is 2.79. The minimum Gasteiger partial charge on any atom is -0.351 e. The number of nitrogens with zero attached hydrogens (tertiary/aromatic N) is 3. The van der Waals surface area contributed by atoms with Crippen LogP contribution in [0.3, 0.4) is 0 Å². The van der Waals surface area contributed by atoms with Gasteiger partial charge < -0.3 is 10.2 Å². The first kappa shape index (κ1) is 24.0. The van der Waals surface area contributed by atoms with E-state index in [0.717, 1.165) is 25.2 Å². The molecule has 0 aliphatic carbocycles. The maximum atomic E-state index is 13.7. The van der Waals surface area contributed by atoms with Gasteiger partial charge in [0.15, 0.2) is 5.03 Å². The van der Waals surface area contributed by atoms with Crippen LogP contribution in [-0.2, 0) is 16.2 Å². The molecule has 1 atom stereocenters. The second-order valence-corrected chi connectivity index (χ2v) is 9.72. The fourth-order valence-corrected chi connectivity index (χ4v) is 4.84. The van der Waals surface area contributed by atoms with Crippen LogP contribution in [0.25, 0.3) is 11.3 Å². The normalized spacial score (nSPS) is 17.0. The molecule has 0 amide bonds. The van der Waals surface area contributed by atoms with Gasteiger partial charge in [-0.3, -0.25) is 4.72 Å². The minimum absolute atomic E-state index is 0.125. The molecule has 3 aromatic rings. The molecule has 1 saturated heterocycles. The molecule has 7 nitrogen and oxygen atoms in total. The van der Waals surface area contributed by atoms with Crippen molar-refractivity contribution in [3.63, 3.8) is 0 Å². The number of benzene rings is 1. The van der Waals surface area contributed by atoms with Gasteiger partial charge in [-0.05, 0) is 43.7 Å². The lowest BCUT2D eigenvalue weighted by Gasteiger charge is -2.35. The predicted octanol–water partition coefficient (Wildman–Crippen LogP) is 4.07. The third-order valence-corrected chi connectivity index (χ3v) is 6.88. The fraction of sp³-hybridized carbons (Fsp3) is 0.304. The van der Waals surface area contributed by atoms with Crippen molar-refractivity contribution in [3.05, 3.63) is 65.7 Å². The molecule has 3 heterocycles. The molecule has 34 heavy (non-hydrogen) atoms. The molecule has 11 heteroatoms. The highest BCUT2D eigenvalue weighted by atomic mass is 32.2. The number of nitrogens with one attached hydrogen (secondary N) is 2. The molecule has 0 spiro atoms. The van der Waals surface area contributed by atoms with Crippen LogP contribution in [0, 0.1) is 6.92 Å². The summed E-state index contributed by atoms with van der Waals surface area (Å²) >= 11 is 0. The molecule has 0 unspecified atom stereocenters. The maximum absolute atomic E-state index is 13.7. The number of pyridine rings is 2. The Labute approximate surface area is 196 Å². The van der Waals surface area contributed by atoms with E-state index in [1.54, 1.807) is 37.3 Å². The van der Waals surface area contributed by atoms with Crippen molar-refractivity contribution in [2.75, 3.05) is 29.3 Å². The Balaban J connectivity index is 1.69. The number of halogens is 3. The van der Waals surface area contributed by atoms with E-state index in [0.29, 0.717) is 17.9 Å². The summed E-state index contributed by atoms with van der Waals surface area (Å²) in [6.45, 7) is 5.84. The molecule has 0 radical (unpaired) electrons. The van der Waals surface area contributed by atoms with E-state index in [1.165, 1.54) is 12.1 Å². The van der Waals surface area contributed by atoms with Gasteiger partial charge in [-0.25, -0.2) is 9.97 Å². The molecule has 0 saturated carbocycles. The highest BCUT2D eigenvalue weighted by Crippen LogP contribution is 2.38. The molecule has 0 bridgehead atoms. The van der Waals surface area contributed by atoms with E-state index < -0.39 is 21.8 Å². The summed E-state index contributed by atoms with van der Waals surface area (Å²) in [4.78, 5) is 10.4. The number of piperazine rings is 1. The highest BCUT2D eigenvalue weighted by Gasteiger charge is 2.35. The molecule has 1 aromatic carbocycles. The first-order valence-corrected chi connectivity index (χ1v) is 12.2. The van der Waals surface area contributed by atoms with Crippen molar-refractivity contribution in [3.8, 4) is 11.3 Å². The van der Waals surface area contributed by atoms with Crippen LogP contribution in [-0.4, -0.2) is 44.1 Å². The summed E-state index contributed by atoms with van der Waals surface area (Å²) in [6, 6.07) is 13.1. The van der Waals surface area contributed by atoms with Crippen LogP contribution in [0.15, 0.2) is 59.6 Å². The van der Waals surface area contributed by atoms with Crippen molar-refractivity contribution in [1.82, 2.24) is 15.3 Å². The second-order valence-electron chi connectivity index (χ2n) is 8.09. The minimum atomic E-state index is -4.65. The molecule has 180 valence electrons. The number of hydrogen-bond acceptors (Lipinski definition) is 6. The monoisotopic (exact) mass is 491 g/mol. The Morgan fingerprint density at radius 2 is 1.82 bits per heavy atom. The molecule has 4 rings (SSSR count). The van der Waals surface area contributed by atoms with Gasteiger partial charge in [0.25, 0.3) is 10.0 Å². The van der Waals surface area contributed by atoms with Crippen LogP contribution in [0.5, 0.6) is 0 Å². The lowest BCUT2D eigenvalue weighted by Crippen LogP contribution is -2.50. The van der Waals surface area contributed by atoms with E-state index >= 15 is 0 Å². The van der Waals surface area contributed by atoms with Crippen LogP contribution < -0.4 is 14.9 Å². The summed E-state index contributed by atoms with van der Waals surface area (Å²) in [7, 11) is -4.20. The summed E-state index contributed by atoms with van der Waals surface area (Å²) in [6.07, 6.45) is -4.65. The van der Waals surface area contributed by atoms with Gasteiger partial charge in [0.05, 0.1) is 11.3 Å². The Morgan fingerprint density at radius 1 is 1.06 bits per heavy atom. The highest BCUT2D eigenvalue weighted by molar-refractivity contribution is 7.92. The summed E-state index contributed by atoms with van der Waals surface area (Å²) in [5.74, 6) is 0.284. The molecule has 2 N–H and O–H groups in total. The van der Waals surface area contributed by atoms with Gasteiger partial charge in [-0.15, -0.1) is 0 Å². The number of anilines is 2. The summed E-state index contributed by atoms with van der Waals surface area (Å²) in [5, 5.41) is 3.02. The lowest BCUT2D eigenvalue weighted by atomic mass is 10.0. The number of rotatable bonds is 5. The van der Waals surface area contributed by atoms with Gasteiger partial charge in [0.2, 0.25) is 0 Å². The standard InChI is InChI=1S/C23H24F3N5O2S/c1-15-6-3-4-7-17(15)22-18(23(24,25)26)10-11-19(28-22)30-34(32,33)21-9-5-8-20(29-21)31-13-12-27-14-16(31)2/h3-11,16,27H,12-14H2,1-2H3,(H,28,30)/t16-/m0/s1. The fourth-order valence-electron chi connectivity index (χ4n) is 3.87. The van der Waals surface area contributed by atoms with Gasteiger partial charge in [-0.1, -0.05) is 30.3 Å². The second kappa shape index (κ2) is 9.22. The number of alkyl halides is 3. The molecule has 1 aliphatic rings. The molecular weight excluding hydrogens is 467 g/mol. The Hall–Kier alpha value is -3.18. The van der Waals surface area contributed by atoms with Crippen LogP contribution >= 0.6 is 0 Å². The molecular formula is C23H24F3N5O2S. The maximum Gasteiger partial charge on any atom is 0.418 e. The third-order valence-electron chi connectivity index (χ3n) is 5.62. The Bertz CT molecular complexity index is 1300. The van der Waals surface area contributed by atoms with E-state index in [1.807, 2.05) is 11.8 Å². The van der Waals surface area contributed by atoms with Gasteiger partial charge in [-0.2, -0.15) is 21.6 Å². The van der Waals surface area contributed by atoms with Crippen molar-refractivity contribution in [1.29, 1.82) is 0 Å². The first-order chi connectivity index (χ1) is 16.1. The van der Waals surface area contributed by atoms with Gasteiger partial charge in [0.1, 0.15) is 11.6 Å². The third kappa shape index (κ3) is 5.00. The topological polar surface area (TPSA) is 87.2 Å². The Kier molecular flexibility index (Phi) is 6.50. The van der Waals surface area contributed by atoms with E-state index in [-0.39, 0.29) is 28.1 Å². The molecule has 2 aromatic heterocycles. The zero-order valence-electron chi connectivity index (χ0n) is 18.6. The largest absolute Gasteiger partial charge is 0.418 e. The van der Waals surface area contributed by atoms with Crippen LogP contribution in [0.2, 0.25) is 0 Å². The van der Waals surface area contributed by atoms with Crippen LogP contribution in [0.4, 0.5) is 24.8 Å². The van der Waals surface area contributed by atoms with E-state index in [2.05, 4.69) is 20.0 Å². The molecule has 1 fully saturated rings. The zero-order valence-corrected chi connectivity index (χ0v) is 19.4. The number of sulfonamides is 1. The summed E-state index contributed by atoms with van der Waals surface area (Å²) in [5.41, 5.74) is -0.441. The smallest absolute Gasteiger partial charge is 0.351 e. The Morgan fingerprint density at radius 3 is 2.53 bits per heavy atom. The van der Waals surface area contributed by atoms with Crippen molar-refractivity contribution in [2.24, 2.45) is 0 Å². The number of aromatic nitrogens is 2. The zero-order chi connectivity index (χ0) is 24.5. The molecule has 1 aliphatic heterocycles. The predicted molar refractivity (Wildman–Crippen MR) is 124 cm³/mol. The SMILES string of the molecule is Cc1ccccc1-c1nc(NS(=O)(=O)c2cccc(N3CCNC[C@@H]3C)n2)ccc1C(F)(F)F. The van der Waals surface area contributed by atoms with Crippen molar-refractivity contribution < 1.29 is 21.6 Å². The van der Waals surface area contributed by atoms with Gasteiger partial charge in [0, 0.05) is 31.2 Å². The van der Waals surface area contributed by atoms with Gasteiger partial charge >= 0.3 is 6.18 Å². The van der Waals surface area contributed by atoms with Crippen molar-refractivity contribution >= 4 is 21.7 Å². The van der Waals surface area contributed by atoms with E-state index in [9.17, 15) is 21.6 Å². The number of hydrogen-bond donors (Lipinski definition) is 2. The summed E-state index contributed by atoms with van der Waals surface area (Å²) < 4.78 is 69.3. The quantitative estimate of drug-likeness (QED) is 0.560. The van der Waals surface area contributed by atoms with Crippen LogP contribution in [0.1, 0.15) is 18.1 Å². The lowest BCUT2D eigenvalue weighted by molar-refractivity contribution is -0.137. The first-order valence-electron chi connectivity index (χ1n) is 10.7. The average molecular weight is 492 g/mol. The van der Waals surface area contributed by atoms with E-state index in [4.69, 9.17) is 0 Å². The number of aryl methyl sites for hydroxylation is 1. The van der Waals surface area contributed by atoms with Crippen molar-refractivity contribution in [2.45, 2.75) is 31.1 Å².